The monoisotopic (exact) mass is 472 g/mol. The number of methoxy groups -OCH3 is 1. The number of hydrogen-bond acceptors (Lipinski definition) is 7. The van der Waals surface area contributed by atoms with Crippen LogP contribution in [0.2, 0.25) is 0 Å². The number of imide groups is 1. The van der Waals surface area contributed by atoms with E-state index in [2.05, 4.69) is 21.6 Å². The molecule has 33 heavy (non-hydrogen) atoms. The summed E-state index contributed by atoms with van der Waals surface area (Å²) in [5.41, 5.74) is 2.09. The maximum absolute atomic E-state index is 12.9. The van der Waals surface area contributed by atoms with Crippen LogP contribution in [0.25, 0.3) is 0 Å². The molecule has 1 N–H and O–H groups in total. The van der Waals surface area contributed by atoms with Crippen molar-refractivity contribution in [1.29, 1.82) is 0 Å². The number of piperazine rings is 1. The average molecular weight is 473 g/mol. The summed E-state index contributed by atoms with van der Waals surface area (Å²) in [6, 6.07) is 12.0. The second kappa shape index (κ2) is 9.50. The van der Waals surface area contributed by atoms with Gasteiger partial charge in [0.15, 0.2) is 0 Å². The molecule has 0 atom stereocenters. The lowest BCUT2D eigenvalue weighted by molar-refractivity contribution is -0.121. The van der Waals surface area contributed by atoms with Crippen molar-refractivity contribution in [2.24, 2.45) is 0 Å². The molecule has 2 amide bonds. The molecular formula is C23H28N4O5S. The highest BCUT2D eigenvalue weighted by Crippen LogP contribution is 2.34. The number of hydrogen-bond donors (Lipinski definition) is 1. The molecule has 2 aromatic carbocycles. The predicted molar refractivity (Wildman–Crippen MR) is 125 cm³/mol. The van der Waals surface area contributed by atoms with E-state index < -0.39 is 10.0 Å². The summed E-state index contributed by atoms with van der Waals surface area (Å²) in [4.78, 5) is 29.9. The molecule has 2 aromatic rings. The first kappa shape index (κ1) is 23.2. The SMILES string of the molecule is COc1ccc(S(=O)(=O)NCc2ccc(N3CCN(C)CC3)cc2)cc1N1C(=O)CCC1=O. The fraction of sp³-hybridized carbons (Fsp3) is 0.391. The van der Waals surface area contributed by atoms with E-state index in [1.165, 1.54) is 25.3 Å². The maximum Gasteiger partial charge on any atom is 0.240 e. The van der Waals surface area contributed by atoms with Crippen molar-refractivity contribution in [3.05, 3.63) is 48.0 Å². The lowest BCUT2D eigenvalue weighted by atomic mass is 10.2. The number of benzene rings is 2. The van der Waals surface area contributed by atoms with Gasteiger partial charge in [0.1, 0.15) is 5.75 Å². The number of rotatable bonds is 7. The average Bonchev–Trinajstić information content (AvgIpc) is 3.16. The van der Waals surface area contributed by atoms with Crippen LogP contribution in [0, 0.1) is 0 Å². The number of likely N-dealkylation sites (N-methyl/N-ethyl adjacent to an activating group) is 1. The first-order valence-electron chi connectivity index (χ1n) is 10.8. The van der Waals surface area contributed by atoms with Crippen molar-refractivity contribution in [3.8, 4) is 5.75 Å². The van der Waals surface area contributed by atoms with Crippen LogP contribution in [0.1, 0.15) is 18.4 Å². The van der Waals surface area contributed by atoms with Gasteiger partial charge in [-0.05, 0) is 42.9 Å². The molecule has 0 aliphatic carbocycles. The van der Waals surface area contributed by atoms with E-state index in [-0.39, 0.29) is 47.5 Å². The van der Waals surface area contributed by atoms with Gasteiger partial charge >= 0.3 is 0 Å². The number of nitrogens with zero attached hydrogens (tertiary/aromatic N) is 3. The van der Waals surface area contributed by atoms with Crippen LogP contribution >= 0.6 is 0 Å². The second-order valence-corrected chi connectivity index (χ2v) is 10.0. The summed E-state index contributed by atoms with van der Waals surface area (Å²) in [7, 11) is -0.363. The molecule has 0 spiro atoms. The van der Waals surface area contributed by atoms with Crippen LogP contribution in [-0.2, 0) is 26.2 Å². The molecule has 9 nitrogen and oxygen atoms in total. The predicted octanol–water partition coefficient (Wildman–Crippen LogP) is 1.58. The van der Waals surface area contributed by atoms with E-state index in [1.807, 2.05) is 24.3 Å². The molecule has 2 saturated heterocycles. The van der Waals surface area contributed by atoms with Gasteiger partial charge in [-0.2, -0.15) is 0 Å². The van der Waals surface area contributed by atoms with Gasteiger partial charge in [-0.25, -0.2) is 18.0 Å². The number of nitrogens with one attached hydrogen (secondary N) is 1. The van der Waals surface area contributed by atoms with E-state index in [4.69, 9.17) is 4.74 Å². The van der Waals surface area contributed by atoms with Crippen molar-refractivity contribution in [1.82, 2.24) is 9.62 Å². The van der Waals surface area contributed by atoms with Crippen LogP contribution in [0.3, 0.4) is 0 Å². The lowest BCUT2D eigenvalue weighted by Gasteiger charge is -2.34. The van der Waals surface area contributed by atoms with Crippen molar-refractivity contribution < 1.29 is 22.7 Å². The molecule has 2 heterocycles. The molecule has 10 heteroatoms. The molecule has 0 bridgehead atoms. The van der Waals surface area contributed by atoms with Crippen molar-refractivity contribution in [2.75, 3.05) is 50.1 Å². The topological polar surface area (TPSA) is 99.3 Å². The second-order valence-electron chi connectivity index (χ2n) is 8.24. The Hall–Kier alpha value is -2.95. The molecule has 176 valence electrons. The van der Waals surface area contributed by atoms with Gasteiger partial charge in [-0.1, -0.05) is 12.1 Å². The highest BCUT2D eigenvalue weighted by Gasteiger charge is 2.33. The Morgan fingerprint density at radius 3 is 2.18 bits per heavy atom. The lowest BCUT2D eigenvalue weighted by Crippen LogP contribution is -2.44. The Labute approximate surface area is 194 Å². The third-order valence-electron chi connectivity index (χ3n) is 6.02. The normalized spacial score (nSPS) is 17.6. The van der Waals surface area contributed by atoms with Crippen LogP contribution in [0.4, 0.5) is 11.4 Å². The van der Waals surface area contributed by atoms with Crippen LogP contribution in [0.15, 0.2) is 47.4 Å². The third-order valence-corrected chi connectivity index (χ3v) is 7.42. The molecular weight excluding hydrogens is 444 g/mol. The Kier molecular flexibility index (Phi) is 6.68. The molecule has 0 radical (unpaired) electrons. The highest BCUT2D eigenvalue weighted by molar-refractivity contribution is 7.89. The molecule has 0 unspecified atom stereocenters. The molecule has 2 aliphatic rings. The number of anilines is 2. The Morgan fingerprint density at radius 1 is 0.939 bits per heavy atom. The van der Waals surface area contributed by atoms with Gasteiger partial charge in [0.05, 0.1) is 17.7 Å². The number of carbonyl (C=O) groups is 2. The first-order chi connectivity index (χ1) is 15.8. The van der Waals surface area contributed by atoms with Crippen molar-refractivity contribution >= 4 is 33.2 Å². The standard InChI is InChI=1S/C23H28N4O5S/c1-25-11-13-26(14-12-25)18-5-3-17(4-6-18)16-24-33(30,31)19-7-8-21(32-2)20(15-19)27-22(28)9-10-23(27)29/h3-8,15,24H,9-14,16H2,1-2H3. The summed E-state index contributed by atoms with van der Waals surface area (Å²) in [6.07, 6.45) is 0.197. The molecule has 4 rings (SSSR count). The number of carbonyl (C=O) groups excluding carboxylic acids is 2. The van der Waals surface area contributed by atoms with Crippen LogP contribution in [-0.4, -0.2) is 65.5 Å². The Balaban J connectivity index is 1.47. The summed E-state index contributed by atoms with van der Waals surface area (Å²) in [5.74, 6) is -0.487. The maximum atomic E-state index is 12.9. The summed E-state index contributed by atoms with van der Waals surface area (Å²) in [5, 5.41) is 0. The van der Waals surface area contributed by atoms with Crippen LogP contribution in [0.5, 0.6) is 5.75 Å². The zero-order valence-electron chi connectivity index (χ0n) is 18.8. The highest BCUT2D eigenvalue weighted by atomic mass is 32.2. The van der Waals surface area contributed by atoms with Crippen molar-refractivity contribution in [3.63, 3.8) is 0 Å². The quantitative estimate of drug-likeness (QED) is 0.611. The minimum atomic E-state index is -3.88. The minimum absolute atomic E-state index is 0.0418. The molecule has 2 fully saturated rings. The summed E-state index contributed by atoms with van der Waals surface area (Å²) in [6.45, 7) is 4.07. The van der Waals surface area contributed by atoms with E-state index in [0.29, 0.717) is 0 Å². The summed E-state index contributed by atoms with van der Waals surface area (Å²) >= 11 is 0. The van der Waals surface area contributed by atoms with E-state index in [1.54, 1.807) is 0 Å². The Morgan fingerprint density at radius 2 is 1.58 bits per heavy atom. The zero-order valence-corrected chi connectivity index (χ0v) is 19.6. The van der Waals surface area contributed by atoms with E-state index >= 15 is 0 Å². The summed E-state index contributed by atoms with van der Waals surface area (Å²) < 4.78 is 33.7. The van der Waals surface area contributed by atoms with E-state index in [9.17, 15) is 18.0 Å². The van der Waals surface area contributed by atoms with Gasteiger partial charge in [0, 0.05) is 51.3 Å². The van der Waals surface area contributed by atoms with Gasteiger partial charge in [0.25, 0.3) is 0 Å². The molecule has 0 saturated carbocycles. The Bertz CT molecular complexity index is 1130. The fourth-order valence-electron chi connectivity index (χ4n) is 4.01. The largest absolute Gasteiger partial charge is 0.495 e. The van der Waals surface area contributed by atoms with Gasteiger partial charge in [-0.15, -0.1) is 0 Å². The molecule has 0 aromatic heterocycles. The van der Waals surface area contributed by atoms with Crippen LogP contribution < -0.4 is 19.3 Å². The van der Waals surface area contributed by atoms with Gasteiger partial charge in [0.2, 0.25) is 21.8 Å². The van der Waals surface area contributed by atoms with Crippen molar-refractivity contribution in [2.45, 2.75) is 24.3 Å². The van der Waals surface area contributed by atoms with E-state index in [0.717, 1.165) is 42.3 Å². The minimum Gasteiger partial charge on any atom is -0.495 e. The fourth-order valence-corrected chi connectivity index (χ4v) is 5.05. The third kappa shape index (κ3) is 5.02. The number of ether oxygens (including phenoxy) is 1. The zero-order chi connectivity index (χ0) is 23.6. The van der Waals surface area contributed by atoms with Gasteiger partial charge in [-0.3, -0.25) is 9.59 Å². The first-order valence-corrected chi connectivity index (χ1v) is 12.3. The smallest absolute Gasteiger partial charge is 0.240 e. The molecule has 2 aliphatic heterocycles. The number of sulfonamides is 1. The van der Waals surface area contributed by atoms with Gasteiger partial charge < -0.3 is 14.5 Å². The number of amides is 2.